The average molecular weight is 264 g/mol. The summed E-state index contributed by atoms with van der Waals surface area (Å²) in [5.41, 5.74) is -0.0290. The summed E-state index contributed by atoms with van der Waals surface area (Å²) in [5, 5.41) is 9.64. The van der Waals surface area contributed by atoms with Gasteiger partial charge in [0.25, 0.3) is 5.91 Å². The third kappa shape index (κ3) is 3.21. The maximum Gasteiger partial charge on any atom is 0.325 e. The van der Waals surface area contributed by atoms with E-state index in [2.05, 4.69) is 4.98 Å². The van der Waals surface area contributed by atoms with Crippen LogP contribution in [0.15, 0.2) is 18.3 Å². The fourth-order valence-corrected chi connectivity index (χ4v) is 1.80. The Kier molecular flexibility index (Phi) is 3.99. The summed E-state index contributed by atoms with van der Waals surface area (Å²) >= 11 is 0. The molecule has 0 saturated heterocycles. The normalized spacial score (nSPS) is 13.9. The second-order valence-corrected chi connectivity index (χ2v) is 4.34. The lowest BCUT2D eigenvalue weighted by Crippen LogP contribution is -2.38. The SMILES string of the molecule is CCOC(=O)CN(C(=O)c1ncccc1O)C1CC1. The lowest BCUT2D eigenvalue weighted by Gasteiger charge is -2.21. The molecule has 6 nitrogen and oxygen atoms in total. The van der Waals surface area contributed by atoms with Crippen LogP contribution in [0, 0.1) is 0 Å². The molecule has 0 aliphatic heterocycles. The Labute approximate surface area is 111 Å². The summed E-state index contributed by atoms with van der Waals surface area (Å²) in [6, 6.07) is 2.98. The highest BCUT2D eigenvalue weighted by Crippen LogP contribution is 2.29. The lowest BCUT2D eigenvalue weighted by molar-refractivity contribution is -0.144. The average Bonchev–Trinajstić information content (AvgIpc) is 3.20. The van der Waals surface area contributed by atoms with Gasteiger partial charge >= 0.3 is 5.97 Å². The number of hydrogen-bond donors (Lipinski definition) is 1. The van der Waals surface area contributed by atoms with E-state index in [1.807, 2.05) is 0 Å². The van der Waals surface area contributed by atoms with Crippen LogP contribution in [0.4, 0.5) is 0 Å². The molecular formula is C13H16N2O4. The number of amides is 1. The number of hydrogen-bond acceptors (Lipinski definition) is 5. The maximum atomic E-state index is 12.3. The van der Waals surface area contributed by atoms with Crippen LogP contribution in [-0.4, -0.2) is 46.1 Å². The van der Waals surface area contributed by atoms with Crippen LogP contribution in [0.2, 0.25) is 0 Å². The van der Waals surface area contributed by atoms with E-state index in [1.165, 1.54) is 17.2 Å². The first-order valence-corrected chi connectivity index (χ1v) is 6.24. The summed E-state index contributed by atoms with van der Waals surface area (Å²) in [4.78, 5) is 29.1. The first-order chi connectivity index (χ1) is 9.13. The van der Waals surface area contributed by atoms with Crippen LogP contribution < -0.4 is 0 Å². The van der Waals surface area contributed by atoms with Gasteiger partial charge in [-0.05, 0) is 31.9 Å². The Morgan fingerprint density at radius 2 is 2.26 bits per heavy atom. The zero-order chi connectivity index (χ0) is 13.8. The molecule has 1 aromatic rings. The predicted molar refractivity (Wildman–Crippen MR) is 66.6 cm³/mol. The van der Waals surface area contributed by atoms with Gasteiger partial charge in [0.05, 0.1) is 6.61 Å². The molecule has 1 amide bonds. The molecule has 0 bridgehead atoms. The summed E-state index contributed by atoms with van der Waals surface area (Å²) in [6.45, 7) is 1.89. The molecule has 102 valence electrons. The molecule has 19 heavy (non-hydrogen) atoms. The number of carbonyl (C=O) groups is 2. The van der Waals surface area contributed by atoms with E-state index in [-0.39, 0.29) is 30.6 Å². The highest BCUT2D eigenvalue weighted by molar-refractivity contribution is 5.96. The Bertz CT molecular complexity index is 485. The van der Waals surface area contributed by atoms with E-state index in [0.717, 1.165) is 12.8 Å². The minimum absolute atomic E-state index is 0.0290. The highest BCUT2D eigenvalue weighted by atomic mass is 16.5. The van der Waals surface area contributed by atoms with Gasteiger partial charge in [-0.3, -0.25) is 9.59 Å². The van der Waals surface area contributed by atoms with Gasteiger partial charge in [0.1, 0.15) is 12.3 Å². The van der Waals surface area contributed by atoms with E-state index < -0.39 is 11.9 Å². The van der Waals surface area contributed by atoms with Gasteiger partial charge in [0.15, 0.2) is 5.69 Å². The molecule has 1 heterocycles. The molecule has 1 aliphatic carbocycles. The van der Waals surface area contributed by atoms with Crippen molar-refractivity contribution in [3.05, 3.63) is 24.0 Å². The molecule has 0 aromatic carbocycles. The largest absolute Gasteiger partial charge is 0.505 e. The lowest BCUT2D eigenvalue weighted by atomic mass is 10.2. The van der Waals surface area contributed by atoms with Gasteiger partial charge in [-0.2, -0.15) is 0 Å². The van der Waals surface area contributed by atoms with Crippen molar-refractivity contribution in [3.8, 4) is 5.75 Å². The van der Waals surface area contributed by atoms with Gasteiger partial charge in [-0.1, -0.05) is 0 Å². The monoisotopic (exact) mass is 264 g/mol. The van der Waals surface area contributed by atoms with Gasteiger partial charge in [-0.25, -0.2) is 4.98 Å². The number of esters is 1. The number of carbonyl (C=O) groups excluding carboxylic acids is 2. The molecule has 1 aromatic heterocycles. The topological polar surface area (TPSA) is 79.7 Å². The van der Waals surface area contributed by atoms with Crippen LogP contribution >= 0.6 is 0 Å². The zero-order valence-electron chi connectivity index (χ0n) is 10.7. The van der Waals surface area contributed by atoms with Crippen LogP contribution in [0.5, 0.6) is 5.75 Å². The molecule has 0 atom stereocenters. The maximum absolute atomic E-state index is 12.3. The van der Waals surface area contributed by atoms with E-state index >= 15 is 0 Å². The second-order valence-electron chi connectivity index (χ2n) is 4.34. The molecule has 0 spiro atoms. The summed E-state index contributed by atoms with van der Waals surface area (Å²) in [5.74, 6) is -1.06. The predicted octanol–water partition coefficient (Wildman–Crippen LogP) is 0.955. The smallest absolute Gasteiger partial charge is 0.325 e. The van der Waals surface area contributed by atoms with E-state index in [4.69, 9.17) is 4.74 Å². The number of nitrogens with zero attached hydrogens (tertiary/aromatic N) is 2. The number of pyridine rings is 1. The first kappa shape index (κ1) is 13.3. The molecule has 6 heteroatoms. The van der Waals surface area contributed by atoms with Crippen molar-refractivity contribution >= 4 is 11.9 Å². The van der Waals surface area contributed by atoms with E-state index in [9.17, 15) is 14.7 Å². The minimum atomic E-state index is -0.446. The van der Waals surface area contributed by atoms with Crippen LogP contribution in [0.3, 0.4) is 0 Å². The number of aromatic hydroxyl groups is 1. The minimum Gasteiger partial charge on any atom is -0.505 e. The van der Waals surface area contributed by atoms with Crippen molar-refractivity contribution in [2.45, 2.75) is 25.8 Å². The molecule has 2 rings (SSSR count). The fraction of sp³-hybridized carbons (Fsp3) is 0.462. The van der Waals surface area contributed by atoms with Crippen molar-refractivity contribution in [1.82, 2.24) is 9.88 Å². The number of aromatic nitrogens is 1. The van der Waals surface area contributed by atoms with Crippen molar-refractivity contribution in [2.75, 3.05) is 13.2 Å². The standard InChI is InChI=1S/C13H16N2O4/c1-2-19-11(17)8-15(9-5-6-9)13(18)12-10(16)4-3-7-14-12/h3-4,7,9,16H,2,5-6,8H2,1H3. The Hall–Kier alpha value is -2.11. The van der Waals surface area contributed by atoms with Gasteiger partial charge < -0.3 is 14.7 Å². The first-order valence-electron chi connectivity index (χ1n) is 6.24. The molecule has 1 N–H and O–H groups in total. The van der Waals surface area contributed by atoms with Gasteiger partial charge in [-0.15, -0.1) is 0 Å². The van der Waals surface area contributed by atoms with Crippen molar-refractivity contribution in [3.63, 3.8) is 0 Å². The molecule has 1 saturated carbocycles. The summed E-state index contributed by atoms with van der Waals surface area (Å²) in [6.07, 6.45) is 3.15. The van der Waals surface area contributed by atoms with Crippen LogP contribution in [0.1, 0.15) is 30.3 Å². The van der Waals surface area contributed by atoms with Crippen molar-refractivity contribution < 1.29 is 19.4 Å². The number of ether oxygens (including phenoxy) is 1. The quantitative estimate of drug-likeness (QED) is 0.801. The second kappa shape index (κ2) is 5.69. The molecule has 1 aliphatic rings. The third-order valence-corrected chi connectivity index (χ3v) is 2.84. The highest BCUT2D eigenvalue weighted by Gasteiger charge is 2.36. The fourth-order valence-electron chi connectivity index (χ4n) is 1.80. The summed E-state index contributed by atoms with van der Waals surface area (Å²) < 4.78 is 4.85. The Balaban J connectivity index is 2.13. The molecule has 0 radical (unpaired) electrons. The molecule has 0 unspecified atom stereocenters. The van der Waals surface area contributed by atoms with Crippen LogP contribution in [0.25, 0.3) is 0 Å². The zero-order valence-corrected chi connectivity index (χ0v) is 10.7. The Morgan fingerprint density at radius 3 is 2.84 bits per heavy atom. The molecule has 1 fully saturated rings. The van der Waals surface area contributed by atoms with E-state index in [0.29, 0.717) is 0 Å². The Morgan fingerprint density at radius 1 is 1.53 bits per heavy atom. The van der Waals surface area contributed by atoms with E-state index in [1.54, 1.807) is 13.0 Å². The summed E-state index contributed by atoms with van der Waals surface area (Å²) in [7, 11) is 0. The van der Waals surface area contributed by atoms with Crippen molar-refractivity contribution in [2.24, 2.45) is 0 Å². The third-order valence-electron chi connectivity index (χ3n) is 2.84. The van der Waals surface area contributed by atoms with Crippen molar-refractivity contribution in [1.29, 1.82) is 0 Å². The van der Waals surface area contributed by atoms with Gasteiger partial charge in [0, 0.05) is 12.2 Å². The number of rotatable bonds is 5. The van der Waals surface area contributed by atoms with Crippen LogP contribution in [-0.2, 0) is 9.53 Å². The molecular weight excluding hydrogens is 248 g/mol. The van der Waals surface area contributed by atoms with Gasteiger partial charge in [0.2, 0.25) is 0 Å².